The lowest BCUT2D eigenvalue weighted by molar-refractivity contribution is 0.726. The Kier molecular flexibility index (Phi) is 2.28. The number of aryl methyl sites for hydroxylation is 1. The monoisotopic (exact) mass is 188 g/mol. The third kappa shape index (κ3) is 1.52. The molecule has 1 unspecified atom stereocenters. The second kappa shape index (κ2) is 3.45. The van der Waals surface area contributed by atoms with E-state index in [1.165, 1.54) is 16.7 Å². The van der Waals surface area contributed by atoms with E-state index in [4.69, 9.17) is 0 Å². The van der Waals surface area contributed by atoms with Gasteiger partial charge in [0.25, 0.3) is 0 Å². The molecule has 74 valence electrons. The zero-order valence-corrected chi connectivity index (χ0v) is 8.96. The molecule has 0 bridgehead atoms. The first-order valence-electron chi connectivity index (χ1n) is 5.06. The van der Waals surface area contributed by atoms with E-state index in [9.17, 15) is 0 Å². The van der Waals surface area contributed by atoms with Gasteiger partial charge in [0.15, 0.2) is 0 Å². The highest BCUT2D eigenvalue weighted by Crippen LogP contribution is 2.15. The lowest BCUT2D eigenvalue weighted by atomic mass is 10.0. The molecule has 2 nitrogen and oxygen atoms in total. The molecule has 0 spiro atoms. The lowest BCUT2D eigenvalue weighted by Gasteiger charge is -2.10. The van der Waals surface area contributed by atoms with Crippen LogP contribution in [0.5, 0.6) is 0 Å². The average Bonchev–Trinajstić information content (AvgIpc) is 2.57. The molecule has 2 heteroatoms. The van der Waals surface area contributed by atoms with Crippen molar-refractivity contribution in [2.24, 2.45) is 4.99 Å². The summed E-state index contributed by atoms with van der Waals surface area (Å²) in [7, 11) is 0. The van der Waals surface area contributed by atoms with Crippen LogP contribution >= 0.6 is 0 Å². The van der Waals surface area contributed by atoms with Gasteiger partial charge in [-0.05, 0) is 31.9 Å². The number of nitrogens with one attached hydrogen (secondary N) is 1. The smallest absolute Gasteiger partial charge is 0.128 e. The molecule has 1 N–H and O–H groups in total. The highest BCUT2D eigenvalue weighted by atomic mass is 15.1. The Balaban J connectivity index is 2.38. The van der Waals surface area contributed by atoms with Gasteiger partial charge in [0.05, 0.1) is 6.54 Å². The zero-order chi connectivity index (χ0) is 10.1. The summed E-state index contributed by atoms with van der Waals surface area (Å²) in [5.74, 6) is 1.05. The number of nitrogens with zero attached hydrogens (tertiary/aromatic N) is 1. The molecule has 0 aliphatic carbocycles. The molecule has 0 amide bonds. The summed E-state index contributed by atoms with van der Waals surface area (Å²) in [5.41, 5.74) is 3.90. The van der Waals surface area contributed by atoms with E-state index in [0.717, 1.165) is 12.4 Å². The van der Waals surface area contributed by atoms with E-state index < -0.39 is 0 Å². The Hall–Kier alpha value is -1.31. The van der Waals surface area contributed by atoms with Gasteiger partial charge in [-0.15, -0.1) is 0 Å². The molecule has 0 radical (unpaired) electrons. The third-order valence-corrected chi connectivity index (χ3v) is 2.77. The number of benzene rings is 1. The van der Waals surface area contributed by atoms with Crippen molar-refractivity contribution < 1.29 is 0 Å². The van der Waals surface area contributed by atoms with E-state index in [-0.39, 0.29) is 0 Å². The van der Waals surface area contributed by atoms with Gasteiger partial charge >= 0.3 is 0 Å². The van der Waals surface area contributed by atoms with Crippen LogP contribution in [0.15, 0.2) is 23.2 Å². The second-order valence-electron chi connectivity index (χ2n) is 3.98. The highest BCUT2D eigenvalue weighted by Gasteiger charge is 2.15. The maximum Gasteiger partial charge on any atom is 0.128 e. The first-order valence-corrected chi connectivity index (χ1v) is 5.06. The minimum Gasteiger partial charge on any atom is -0.366 e. The molecule has 1 aliphatic heterocycles. The zero-order valence-electron chi connectivity index (χ0n) is 8.96. The number of hydrogen-bond donors (Lipinski definition) is 1. The van der Waals surface area contributed by atoms with E-state index in [0.29, 0.717) is 6.04 Å². The van der Waals surface area contributed by atoms with Gasteiger partial charge in [-0.3, -0.25) is 4.99 Å². The summed E-state index contributed by atoms with van der Waals surface area (Å²) < 4.78 is 0. The Bertz CT molecular complexity index is 380. The van der Waals surface area contributed by atoms with Crippen molar-refractivity contribution in [1.82, 2.24) is 5.32 Å². The Morgan fingerprint density at radius 2 is 2.14 bits per heavy atom. The molecule has 1 aromatic rings. The maximum atomic E-state index is 4.49. The molecular weight excluding hydrogens is 172 g/mol. The summed E-state index contributed by atoms with van der Waals surface area (Å²) in [6.45, 7) is 7.33. The van der Waals surface area contributed by atoms with E-state index in [1.54, 1.807) is 0 Å². The fourth-order valence-corrected chi connectivity index (χ4v) is 1.72. The van der Waals surface area contributed by atoms with Crippen molar-refractivity contribution in [1.29, 1.82) is 0 Å². The van der Waals surface area contributed by atoms with Crippen LogP contribution in [0.3, 0.4) is 0 Å². The van der Waals surface area contributed by atoms with Crippen LogP contribution in [0.2, 0.25) is 0 Å². The number of hydrogen-bond acceptors (Lipinski definition) is 2. The molecule has 0 fully saturated rings. The molecule has 1 aliphatic rings. The molecule has 1 aromatic carbocycles. The molecule has 0 saturated heterocycles. The normalized spacial score (nSPS) is 20.5. The van der Waals surface area contributed by atoms with Gasteiger partial charge in [0.1, 0.15) is 5.84 Å². The number of rotatable bonds is 1. The first kappa shape index (κ1) is 9.25. The third-order valence-electron chi connectivity index (χ3n) is 2.77. The van der Waals surface area contributed by atoms with Crippen LogP contribution < -0.4 is 5.32 Å². The SMILES string of the molecule is Cc1cccc(C2=NCC(C)N2)c1C. The lowest BCUT2D eigenvalue weighted by Crippen LogP contribution is -2.28. The first-order chi connectivity index (χ1) is 6.68. The van der Waals surface area contributed by atoms with Crippen molar-refractivity contribution in [2.45, 2.75) is 26.8 Å². The van der Waals surface area contributed by atoms with Gasteiger partial charge in [0.2, 0.25) is 0 Å². The van der Waals surface area contributed by atoms with Crippen molar-refractivity contribution in [3.8, 4) is 0 Å². The molecule has 14 heavy (non-hydrogen) atoms. The molecule has 0 saturated carbocycles. The van der Waals surface area contributed by atoms with Gasteiger partial charge in [0, 0.05) is 11.6 Å². The van der Waals surface area contributed by atoms with Crippen LogP contribution in [0.4, 0.5) is 0 Å². The number of aliphatic imine (C=N–C) groups is 1. The standard InChI is InChI=1S/C12H16N2/c1-8-5-4-6-11(10(8)3)12-13-7-9(2)14-12/h4-6,9H,7H2,1-3H3,(H,13,14). The van der Waals surface area contributed by atoms with Gasteiger partial charge in [-0.2, -0.15) is 0 Å². The Labute approximate surface area is 85.1 Å². The average molecular weight is 188 g/mol. The number of amidine groups is 1. The summed E-state index contributed by atoms with van der Waals surface area (Å²) in [6.07, 6.45) is 0. The quantitative estimate of drug-likeness (QED) is 0.716. The van der Waals surface area contributed by atoms with Crippen LogP contribution in [-0.4, -0.2) is 18.4 Å². The second-order valence-corrected chi connectivity index (χ2v) is 3.98. The van der Waals surface area contributed by atoms with Gasteiger partial charge < -0.3 is 5.32 Å². The van der Waals surface area contributed by atoms with Gasteiger partial charge in [-0.25, -0.2) is 0 Å². The Morgan fingerprint density at radius 3 is 2.79 bits per heavy atom. The van der Waals surface area contributed by atoms with Gasteiger partial charge in [-0.1, -0.05) is 18.2 Å². The Morgan fingerprint density at radius 1 is 1.36 bits per heavy atom. The minimum atomic E-state index is 0.477. The fourth-order valence-electron chi connectivity index (χ4n) is 1.72. The molecule has 1 heterocycles. The molecule has 2 rings (SSSR count). The summed E-state index contributed by atoms with van der Waals surface area (Å²) in [5, 5.41) is 3.39. The van der Waals surface area contributed by atoms with E-state index in [2.05, 4.69) is 49.3 Å². The van der Waals surface area contributed by atoms with Crippen LogP contribution in [0.1, 0.15) is 23.6 Å². The summed E-state index contributed by atoms with van der Waals surface area (Å²) in [6, 6.07) is 6.83. The van der Waals surface area contributed by atoms with E-state index in [1.807, 2.05) is 0 Å². The molecule has 0 aromatic heterocycles. The predicted molar refractivity (Wildman–Crippen MR) is 59.9 cm³/mol. The topological polar surface area (TPSA) is 24.4 Å². The van der Waals surface area contributed by atoms with Crippen LogP contribution in [-0.2, 0) is 0 Å². The molecule has 1 atom stereocenters. The van der Waals surface area contributed by atoms with Crippen LogP contribution in [0.25, 0.3) is 0 Å². The maximum absolute atomic E-state index is 4.49. The van der Waals surface area contributed by atoms with Crippen molar-refractivity contribution in [2.75, 3.05) is 6.54 Å². The van der Waals surface area contributed by atoms with Crippen LogP contribution in [0, 0.1) is 13.8 Å². The summed E-state index contributed by atoms with van der Waals surface area (Å²) in [4.78, 5) is 4.49. The van der Waals surface area contributed by atoms with E-state index >= 15 is 0 Å². The van der Waals surface area contributed by atoms with Crippen molar-refractivity contribution in [3.05, 3.63) is 34.9 Å². The van der Waals surface area contributed by atoms with Crippen molar-refractivity contribution in [3.63, 3.8) is 0 Å². The largest absolute Gasteiger partial charge is 0.366 e. The summed E-state index contributed by atoms with van der Waals surface area (Å²) >= 11 is 0. The highest BCUT2D eigenvalue weighted by molar-refractivity contribution is 6.01. The minimum absolute atomic E-state index is 0.477. The van der Waals surface area contributed by atoms with Crippen molar-refractivity contribution >= 4 is 5.84 Å². The molecular formula is C12H16N2. The predicted octanol–water partition coefficient (Wildman–Crippen LogP) is 2.04. The fraction of sp³-hybridized carbons (Fsp3) is 0.417.